The van der Waals surface area contributed by atoms with Crippen LogP contribution >= 0.6 is 0 Å². The Bertz CT molecular complexity index is 1040. The lowest BCUT2D eigenvalue weighted by Crippen LogP contribution is -2.55. The van der Waals surface area contributed by atoms with E-state index in [1.807, 2.05) is 0 Å². The van der Waals surface area contributed by atoms with Crippen molar-refractivity contribution in [3.05, 3.63) is 40.8 Å². The highest BCUT2D eigenvalue weighted by Crippen LogP contribution is 2.22. The number of piperazine rings is 1. The van der Waals surface area contributed by atoms with Crippen LogP contribution in [0.4, 0.5) is 4.79 Å². The van der Waals surface area contributed by atoms with Gasteiger partial charge in [0, 0.05) is 50.7 Å². The van der Waals surface area contributed by atoms with E-state index < -0.39 is 15.6 Å². The number of morpholine rings is 1. The standard InChI is InChI=1S/C18H21N3O6S/c22-17-4-1-14-13-15(2-3-16(14)27-17)28(24,25)21-7-5-19(6-8-21)18(23)20-9-11-26-12-10-20/h1-4,13H,5-12H2. The van der Waals surface area contributed by atoms with E-state index in [1.165, 1.54) is 28.6 Å². The van der Waals surface area contributed by atoms with Crippen molar-refractivity contribution in [2.45, 2.75) is 4.90 Å². The number of benzene rings is 1. The second-order valence-corrected chi connectivity index (χ2v) is 8.67. The van der Waals surface area contributed by atoms with E-state index in [0.29, 0.717) is 50.4 Å². The Morgan fingerprint density at radius 3 is 2.29 bits per heavy atom. The van der Waals surface area contributed by atoms with Crippen molar-refractivity contribution in [2.75, 3.05) is 52.5 Å². The SMILES string of the molecule is O=C(N1CCOCC1)N1CCN(S(=O)(=O)c2ccc3oc(=O)ccc3c2)CC1. The summed E-state index contributed by atoms with van der Waals surface area (Å²) in [4.78, 5) is 27.4. The lowest BCUT2D eigenvalue weighted by Gasteiger charge is -2.38. The Labute approximate surface area is 162 Å². The number of amides is 2. The lowest BCUT2D eigenvalue weighted by atomic mass is 10.2. The van der Waals surface area contributed by atoms with Crippen LogP contribution in [0.15, 0.2) is 44.4 Å². The second kappa shape index (κ2) is 7.53. The molecule has 0 spiro atoms. The number of hydrogen-bond donors (Lipinski definition) is 0. The fraction of sp³-hybridized carbons (Fsp3) is 0.444. The van der Waals surface area contributed by atoms with Gasteiger partial charge in [-0.15, -0.1) is 0 Å². The highest BCUT2D eigenvalue weighted by molar-refractivity contribution is 7.89. The summed E-state index contributed by atoms with van der Waals surface area (Å²) in [7, 11) is -3.70. The molecule has 0 aliphatic carbocycles. The molecular weight excluding hydrogens is 386 g/mol. The van der Waals surface area contributed by atoms with Gasteiger partial charge in [0.15, 0.2) is 0 Å². The largest absolute Gasteiger partial charge is 0.423 e. The first kappa shape index (κ1) is 18.9. The molecule has 2 saturated heterocycles. The number of ether oxygens (including phenoxy) is 1. The minimum atomic E-state index is -3.70. The molecule has 0 saturated carbocycles. The van der Waals surface area contributed by atoms with Gasteiger partial charge in [-0.3, -0.25) is 0 Å². The molecule has 4 rings (SSSR count). The van der Waals surface area contributed by atoms with E-state index >= 15 is 0 Å². The smallest absolute Gasteiger partial charge is 0.336 e. The second-order valence-electron chi connectivity index (χ2n) is 6.73. The Morgan fingerprint density at radius 2 is 1.57 bits per heavy atom. The first-order valence-corrected chi connectivity index (χ1v) is 10.5. The van der Waals surface area contributed by atoms with E-state index in [2.05, 4.69) is 0 Å². The molecule has 2 fully saturated rings. The van der Waals surface area contributed by atoms with Gasteiger partial charge in [0.1, 0.15) is 5.58 Å². The predicted octanol–water partition coefficient (Wildman–Crippen LogP) is 0.552. The van der Waals surface area contributed by atoms with E-state index in [0.717, 1.165) is 0 Å². The van der Waals surface area contributed by atoms with Gasteiger partial charge in [-0.2, -0.15) is 4.31 Å². The Balaban J connectivity index is 1.46. The maximum Gasteiger partial charge on any atom is 0.336 e. The maximum absolute atomic E-state index is 13.0. The molecule has 1 aromatic heterocycles. The van der Waals surface area contributed by atoms with Crippen molar-refractivity contribution in [2.24, 2.45) is 0 Å². The fourth-order valence-corrected chi connectivity index (χ4v) is 4.89. The van der Waals surface area contributed by atoms with Crippen molar-refractivity contribution < 1.29 is 22.4 Å². The van der Waals surface area contributed by atoms with E-state index in [1.54, 1.807) is 15.9 Å². The normalized spacial score (nSPS) is 19.1. The van der Waals surface area contributed by atoms with E-state index in [9.17, 15) is 18.0 Å². The van der Waals surface area contributed by atoms with Crippen LogP contribution in [0, 0.1) is 0 Å². The molecule has 0 unspecified atom stereocenters. The number of hydrogen-bond acceptors (Lipinski definition) is 6. The van der Waals surface area contributed by atoms with Gasteiger partial charge in [0.05, 0.1) is 18.1 Å². The fourth-order valence-electron chi connectivity index (χ4n) is 3.43. The average Bonchev–Trinajstić information content (AvgIpc) is 2.73. The van der Waals surface area contributed by atoms with Crippen LogP contribution in [0.5, 0.6) is 0 Å². The molecule has 10 heteroatoms. The molecule has 0 bridgehead atoms. The molecule has 150 valence electrons. The molecule has 0 atom stereocenters. The summed E-state index contributed by atoms with van der Waals surface area (Å²) in [5, 5.41) is 0.543. The van der Waals surface area contributed by atoms with Crippen molar-refractivity contribution in [1.29, 1.82) is 0 Å². The van der Waals surface area contributed by atoms with Crippen LogP contribution in [0.2, 0.25) is 0 Å². The Kier molecular flexibility index (Phi) is 5.09. The van der Waals surface area contributed by atoms with Gasteiger partial charge in [0.25, 0.3) is 0 Å². The molecule has 0 N–H and O–H groups in total. The Hall–Kier alpha value is -2.43. The van der Waals surface area contributed by atoms with Gasteiger partial charge in [-0.25, -0.2) is 18.0 Å². The first-order chi connectivity index (χ1) is 13.4. The van der Waals surface area contributed by atoms with E-state index in [4.69, 9.17) is 9.15 Å². The maximum atomic E-state index is 13.0. The number of carbonyl (C=O) groups excluding carboxylic acids is 1. The van der Waals surface area contributed by atoms with Gasteiger partial charge in [-0.1, -0.05) is 0 Å². The predicted molar refractivity (Wildman–Crippen MR) is 101 cm³/mol. The number of rotatable bonds is 2. The summed E-state index contributed by atoms with van der Waals surface area (Å²) in [5.41, 5.74) is -0.142. The van der Waals surface area contributed by atoms with Crippen LogP contribution in [0.25, 0.3) is 11.0 Å². The quantitative estimate of drug-likeness (QED) is 0.674. The number of sulfonamides is 1. The van der Waals surface area contributed by atoms with Crippen LogP contribution < -0.4 is 5.63 Å². The van der Waals surface area contributed by atoms with Crippen molar-refractivity contribution in [3.8, 4) is 0 Å². The van der Waals surface area contributed by atoms with Gasteiger partial charge in [-0.05, 0) is 24.3 Å². The molecule has 2 aliphatic rings. The summed E-state index contributed by atoms with van der Waals surface area (Å²) in [6.45, 7) is 3.34. The van der Waals surface area contributed by atoms with E-state index in [-0.39, 0.29) is 24.0 Å². The molecule has 9 nitrogen and oxygen atoms in total. The summed E-state index contributed by atoms with van der Waals surface area (Å²) in [6, 6.07) is 7.15. The highest BCUT2D eigenvalue weighted by Gasteiger charge is 2.32. The number of urea groups is 1. The zero-order valence-electron chi connectivity index (χ0n) is 15.2. The molecule has 28 heavy (non-hydrogen) atoms. The third-order valence-electron chi connectivity index (χ3n) is 5.02. The molecule has 3 heterocycles. The number of carbonyl (C=O) groups is 1. The average molecular weight is 407 g/mol. The summed E-state index contributed by atoms with van der Waals surface area (Å²) in [5.74, 6) is 0. The van der Waals surface area contributed by atoms with Crippen LogP contribution in [-0.2, 0) is 14.8 Å². The summed E-state index contributed by atoms with van der Waals surface area (Å²) in [6.07, 6.45) is 0. The number of nitrogens with zero attached hydrogens (tertiary/aromatic N) is 3. The first-order valence-electron chi connectivity index (χ1n) is 9.11. The van der Waals surface area contributed by atoms with Crippen molar-refractivity contribution >= 4 is 27.0 Å². The van der Waals surface area contributed by atoms with Crippen LogP contribution in [0.3, 0.4) is 0 Å². The van der Waals surface area contributed by atoms with Gasteiger partial charge in [0.2, 0.25) is 10.0 Å². The molecular formula is C18H21N3O6S. The van der Waals surface area contributed by atoms with Crippen molar-refractivity contribution in [3.63, 3.8) is 0 Å². The highest BCUT2D eigenvalue weighted by atomic mass is 32.2. The van der Waals surface area contributed by atoms with Crippen LogP contribution in [0.1, 0.15) is 0 Å². The zero-order valence-corrected chi connectivity index (χ0v) is 16.1. The summed E-state index contributed by atoms with van der Waals surface area (Å²) < 4.78 is 37.7. The third-order valence-corrected chi connectivity index (χ3v) is 6.91. The monoisotopic (exact) mass is 407 g/mol. The third kappa shape index (κ3) is 3.62. The molecule has 2 aromatic rings. The lowest BCUT2D eigenvalue weighted by molar-refractivity contribution is 0.0405. The van der Waals surface area contributed by atoms with Crippen molar-refractivity contribution in [1.82, 2.24) is 14.1 Å². The minimum absolute atomic E-state index is 0.0684. The molecule has 2 amide bonds. The molecule has 1 aromatic carbocycles. The van der Waals surface area contributed by atoms with Gasteiger partial charge < -0.3 is 19.0 Å². The number of fused-ring (bicyclic) bond motifs is 1. The zero-order chi connectivity index (χ0) is 19.7. The summed E-state index contributed by atoms with van der Waals surface area (Å²) >= 11 is 0. The minimum Gasteiger partial charge on any atom is -0.423 e. The van der Waals surface area contributed by atoms with Gasteiger partial charge >= 0.3 is 11.7 Å². The topological polar surface area (TPSA) is 100 Å². The Morgan fingerprint density at radius 1 is 0.893 bits per heavy atom. The van der Waals surface area contributed by atoms with Crippen LogP contribution in [-0.4, -0.2) is 81.0 Å². The molecule has 2 aliphatic heterocycles. The molecule has 0 radical (unpaired) electrons.